The zero-order chi connectivity index (χ0) is 16.4. The summed E-state index contributed by atoms with van der Waals surface area (Å²) in [6.45, 7) is 5.32. The number of ether oxygens (including phenoxy) is 1. The zero-order valence-corrected chi connectivity index (χ0v) is 15.7. The van der Waals surface area contributed by atoms with Crippen LogP contribution in [0.15, 0.2) is 33.7 Å². The van der Waals surface area contributed by atoms with Gasteiger partial charge in [-0.1, -0.05) is 41.9 Å². The lowest BCUT2D eigenvalue weighted by molar-refractivity contribution is 0.0992. The van der Waals surface area contributed by atoms with Crippen LogP contribution in [0.5, 0.6) is 0 Å². The molecule has 2 N–H and O–H groups in total. The van der Waals surface area contributed by atoms with Gasteiger partial charge in [0, 0.05) is 23.5 Å². The van der Waals surface area contributed by atoms with Crippen molar-refractivity contribution in [3.8, 4) is 0 Å². The van der Waals surface area contributed by atoms with Gasteiger partial charge in [-0.3, -0.25) is 4.99 Å². The minimum absolute atomic E-state index is 0.0313. The van der Waals surface area contributed by atoms with E-state index in [1.165, 1.54) is 18.4 Å². The minimum Gasteiger partial charge on any atom is -0.373 e. The van der Waals surface area contributed by atoms with Gasteiger partial charge in [0.25, 0.3) is 0 Å². The lowest BCUT2D eigenvalue weighted by Gasteiger charge is -2.28. The van der Waals surface area contributed by atoms with Gasteiger partial charge in [-0.2, -0.15) is 0 Å². The number of guanidine groups is 1. The highest BCUT2D eigenvalue weighted by Crippen LogP contribution is 2.34. The van der Waals surface area contributed by atoms with E-state index in [0.717, 1.165) is 23.4 Å². The Morgan fingerprint density at radius 2 is 2.04 bits per heavy atom. The molecular weight excluding hydrogens is 354 g/mol. The molecule has 0 aliphatic carbocycles. The Bertz CT molecular complexity index is 570. The third-order valence-corrected chi connectivity index (χ3v) is 5.50. The molecule has 0 aromatic heterocycles. The highest BCUT2D eigenvalue weighted by molar-refractivity contribution is 9.10. The molecule has 0 amide bonds. The second-order valence-electron chi connectivity index (χ2n) is 7.18. The second-order valence-corrected chi connectivity index (χ2v) is 8.09. The third-order valence-electron chi connectivity index (χ3n) is 4.98. The second kappa shape index (κ2) is 6.81. The van der Waals surface area contributed by atoms with Crippen LogP contribution in [-0.4, -0.2) is 37.8 Å². The van der Waals surface area contributed by atoms with Crippen molar-refractivity contribution < 1.29 is 4.74 Å². The van der Waals surface area contributed by atoms with E-state index in [9.17, 15) is 0 Å². The molecule has 2 aliphatic heterocycles. The van der Waals surface area contributed by atoms with E-state index < -0.39 is 0 Å². The zero-order valence-electron chi connectivity index (χ0n) is 14.1. The van der Waals surface area contributed by atoms with E-state index in [1.54, 1.807) is 0 Å². The first kappa shape index (κ1) is 16.8. The first-order valence-corrected chi connectivity index (χ1v) is 9.16. The molecule has 0 spiro atoms. The molecule has 2 aliphatic rings. The molecule has 3 unspecified atom stereocenters. The summed E-state index contributed by atoms with van der Waals surface area (Å²) in [6, 6.07) is 8.93. The maximum atomic E-state index is 5.91. The third kappa shape index (κ3) is 3.89. The fraction of sp³-hybridized carbons (Fsp3) is 0.611. The van der Waals surface area contributed by atoms with Crippen LogP contribution in [0, 0.1) is 0 Å². The first-order chi connectivity index (χ1) is 11.0. The summed E-state index contributed by atoms with van der Waals surface area (Å²) in [5.41, 5.74) is 1.34. The molecule has 23 heavy (non-hydrogen) atoms. The molecule has 126 valence electrons. The number of nitrogens with zero attached hydrogens (tertiary/aromatic N) is 1. The molecule has 0 saturated carbocycles. The predicted octanol–water partition coefficient (Wildman–Crippen LogP) is 3.21. The fourth-order valence-corrected chi connectivity index (χ4v) is 3.73. The molecular formula is C18H26BrN3O. The topological polar surface area (TPSA) is 45.7 Å². The largest absolute Gasteiger partial charge is 0.373 e. The highest BCUT2D eigenvalue weighted by Gasteiger charge is 2.41. The molecule has 0 radical (unpaired) electrons. The summed E-state index contributed by atoms with van der Waals surface area (Å²) >= 11 is 3.49. The van der Waals surface area contributed by atoms with Crippen molar-refractivity contribution in [3.63, 3.8) is 0 Å². The molecule has 4 nitrogen and oxygen atoms in total. The maximum absolute atomic E-state index is 5.91. The van der Waals surface area contributed by atoms with Crippen LogP contribution in [0.1, 0.15) is 38.7 Å². The number of hydrogen-bond acceptors (Lipinski definition) is 2. The normalized spacial score (nSPS) is 27.3. The van der Waals surface area contributed by atoms with Gasteiger partial charge >= 0.3 is 0 Å². The number of benzene rings is 1. The van der Waals surface area contributed by atoms with Gasteiger partial charge in [-0.25, -0.2) is 0 Å². The van der Waals surface area contributed by atoms with Gasteiger partial charge in [0.1, 0.15) is 0 Å². The summed E-state index contributed by atoms with van der Waals surface area (Å²) < 4.78 is 7.02. The number of aliphatic imine (C=N–C) groups is 1. The Morgan fingerprint density at radius 3 is 2.61 bits per heavy atom. The lowest BCUT2D eigenvalue weighted by Crippen LogP contribution is -2.49. The van der Waals surface area contributed by atoms with Gasteiger partial charge in [-0.05, 0) is 37.0 Å². The number of hydrogen-bond donors (Lipinski definition) is 2. The van der Waals surface area contributed by atoms with E-state index in [4.69, 9.17) is 4.74 Å². The Morgan fingerprint density at radius 1 is 1.30 bits per heavy atom. The van der Waals surface area contributed by atoms with E-state index >= 15 is 0 Å². The van der Waals surface area contributed by atoms with Crippen molar-refractivity contribution >= 4 is 21.9 Å². The molecule has 2 bridgehead atoms. The summed E-state index contributed by atoms with van der Waals surface area (Å²) in [5, 5.41) is 7.02. The molecule has 3 rings (SSSR count). The van der Waals surface area contributed by atoms with Crippen LogP contribution >= 0.6 is 15.9 Å². The molecule has 1 aromatic carbocycles. The molecule has 2 fully saturated rings. The van der Waals surface area contributed by atoms with Crippen LogP contribution in [0.4, 0.5) is 0 Å². The number of nitrogens with one attached hydrogen (secondary N) is 2. The van der Waals surface area contributed by atoms with Crippen molar-refractivity contribution in [3.05, 3.63) is 34.3 Å². The van der Waals surface area contributed by atoms with E-state index in [-0.39, 0.29) is 5.41 Å². The van der Waals surface area contributed by atoms with E-state index in [1.807, 2.05) is 7.05 Å². The molecule has 3 atom stereocenters. The molecule has 2 saturated heterocycles. The number of rotatable bonds is 4. The molecule has 5 heteroatoms. The number of halogens is 1. The van der Waals surface area contributed by atoms with Crippen molar-refractivity contribution in [1.82, 2.24) is 10.6 Å². The highest BCUT2D eigenvalue weighted by atomic mass is 79.9. The maximum Gasteiger partial charge on any atom is 0.191 e. The number of fused-ring (bicyclic) bond motifs is 2. The monoisotopic (exact) mass is 379 g/mol. The Hall–Kier alpha value is -1.07. The Kier molecular flexibility index (Phi) is 4.97. The summed E-state index contributed by atoms with van der Waals surface area (Å²) in [7, 11) is 1.83. The lowest BCUT2D eigenvalue weighted by atomic mass is 9.85. The van der Waals surface area contributed by atoms with Crippen LogP contribution in [-0.2, 0) is 10.2 Å². The average molecular weight is 380 g/mol. The SMILES string of the molecule is CN=C(NCC(C)(C)c1ccc(Br)cc1)NC1CC2CCC1O2. The van der Waals surface area contributed by atoms with Gasteiger partial charge in [0.2, 0.25) is 0 Å². The van der Waals surface area contributed by atoms with Gasteiger partial charge in [0.05, 0.1) is 18.2 Å². The standard InChI is InChI=1S/C18H26BrN3O/c1-18(2,12-4-6-13(19)7-5-12)11-21-17(20-3)22-15-10-14-8-9-16(15)23-14/h4-7,14-16H,8-11H2,1-3H3,(H2,20,21,22). The van der Waals surface area contributed by atoms with E-state index in [2.05, 4.69) is 69.7 Å². The van der Waals surface area contributed by atoms with Crippen LogP contribution in [0.2, 0.25) is 0 Å². The van der Waals surface area contributed by atoms with Crippen molar-refractivity contribution in [1.29, 1.82) is 0 Å². The molecule has 1 aromatic rings. The predicted molar refractivity (Wildman–Crippen MR) is 98.0 cm³/mol. The van der Waals surface area contributed by atoms with Crippen LogP contribution in [0.3, 0.4) is 0 Å². The quantitative estimate of drug-likeness (QED) is 0.623. The van der Waals surface area contributed by atoms with Crippen LogP contribution in [0.25, 0.3) is 0 Å². The van der Waals surface area contributed by atoms with E-state index in [0.29, 0.717) is 18.2 Å². The van der Waals surface area contributed by atoms with Crippen LogP contribution < -0.4 is 10.6 Å². The first-order valence-electron chi connectivity index (χ1n) is 8.36. The van der Waals surface area contributed by atoms with Gasteiger partial charge in [0.15, 0.2) is 5.96 Å². The summed E-state index contributed by atoms with van der Waals surface area (Å²) in [4.78, 5) is 4.38. The Balaban J connectivity index is 1.56. The summed E-state index contributed by atoms with van der Waals surface area (Å²) in [5.74, 6) is 0.872. The minimum atomic E-state index is 0.0313. The smallest absolute Gasteiger partial charge is 0.191 e. The molecule has 2 heterocycles. The fourth-order valence-electron chi connectivity index (χ4n) is 3.47. The van der Waals surface area contributed by atoms with Gasteiger partial charge in [-0.15, -0.1) is 0 Å². The summed E-state index contributed by atoms with van der Waals surface area (Å²) in [6.07, 6.45) is 4.30. The van der Waals surface area contributed by atoms with Gasteiger partial charge < -0.3 is 15.4 Å². The van der Waals surface area contributed by atoms with Crippen molar-refractivity contribution in [2.45, 2.75) is 56.8 Å². The Labute approximate surface area is 147 Å². The van der Waals surface area contributed by atoms with Crippen molar-refractivity contribution in [2.75, 3.05) is 13.6 Å². The van der Waals surface area contributed by atoms with Crippen molar-refractivity contribution in [2.24, 2.45) is 4.99 Å². The average Bonchev–Trinajstić information content (AvgIpc) is 3.14.